The third kappa shape index (κ3) is 4.44. The van der Waals surface area contributed by atoms with E-state index in [1.807, 2.05) is 0 Å². The van der Waals surface area contributed by atoms with E-state index in [4.69, 9.17) is 12.6 Å². The van der Waals surface area contributed by atoms with E-state index in [1.165, 1.54) is 5.56 Å². The Kier molecular flexibility index (Phi) is 6.24. The molecule has 0 aliphatic carbocycles. The molecule has 2 atom stereocenters. The number of nitrogens with one attached hydrogen (secondary N) is 1. The lowest BCUT2D eigenvalue weighted by Gasteiger charge is -2.32. The van der Waals surface area contributed by atoms with Gasteiger partial charge in [-0.25, -0.2) is 8.78 Å². The zero-order valence-corrected chi connectivity index (χ0v) is 19.2. The van der Waals surface area contributed by atoms with Gasteiger partial charge >= 0.3 is 0 Å². The van der Waals surface area contributed by atoms with Gasteiger partial charge in [-0.2, -0.15) is 12.6 Å². The number of hydrogen-bond acceptors (Lipinski definition) is 5. The summed E-state index contributed by atoms with van der Waals surface area (Å²) in [5.41, 5.74) is 3.92. The van der Waals surface area contributed by atoms with Crippen molar-refractivity contribution in [3.63, 3.8) is 0 Å². The Morgan fingerprint density at radius 3 is 2.58 bits per heavy atom. The summed E-state index contributed by atoms with van der Waals surface area (Å²) in [6.07, 6.45) is 2.46. The van der Waals surface area contributed by atoms with E-state index in [2.05, 4.69) is 33.3 Å². The van der Waals surface area contributed by atoms with E-state index < -0.39 is 11.6 Å². The second-order valence-corrected chi connectivity index (χ2v) is 9.73. The van der Waals surface area contributed by atoms with Gasteiger partial charge < -0.3 is 0 Å². The second kappa shape index (κ2) is 9.16. The number of carbonyl (C=O) groups excluding carboxylic acids is 2. The molecule has 0 aromatic heterocycles. The minimum Gasteiger partial charge on any atom is -0.299 e. The summed E-state index contributed by atoms with van der Waals surface area (Å²) >= 11 is 4.80. The van der Waals surface area contributed by atoms with Crippen molar-refractivity contribution >= 4 is 24.4 Å². The molecular formula is C25H27F2N3O2S. The summed E-state index contributed by atoms with van der Waals surface area (Å²) in [4.78, 5) is 28.2. The number of piperidine rings is 2. The number of halogens is 2. The highest BCUT2D eigenvalue weighted by Gasteiger charge is 2.39. The molecule has 2 unspecified atom stereocenters. The predicted octanol–water partition coefficient (Wildman–Crippen LogP) is 3.89. The molecule has 0 bridgehead atoms. The van der Waals surface area contributed by atoms with Gasteiger partial charge in [0.25, 0.3) is 0 Å². The fourth-order valence-corrected chi connectivity index (χ4v) is 5.85. The number of benzene rings is 2. The molecule has 3 aliphatic heterocycles. The summed E-state index contributed by atoms with van der Waals surface area (Å²) in [5, 5.41) is 2.25. The van der Waals surface area contributed by atoms with Gasteiger partial charge in [0.05, 0.1) is 11.4 Å². The molecule has 2 fully saturated rings. The summed E-state index contributed by atoms with van der Waals surface area (Å²) in [7, 11) is 0. The van der Waals surface area contributed by atoms with E-state index in [0.717, 1.165) is 49.7 Å². The Bertz CT molecular complexity index is 1090. The van der Waals surface area contributed by atoms with Crippen molar-refractivity contribution in [3.05, 3.63) is 70.3 Å². The van der Waals surface area contributed by atoms with Crippen LogP contribution in [0.15, 0.2) is 36.4 Å². The normalized spacial score (nSPS) is 24.7. The van der Waals surface area contributed by atoms with Crippen LogP contribution in [0.1, 0.15) is 59.2 Å². The van der Waals surface area contributed by atoms with Crippen LogP contribution in [-0.4, -0.2) is 40.7 Å². The van der Waals surface area contributed by atoms with Crippen LogP contribution in [0.2, 0.25) is 0 Å². The third-order valence-electron chi connectivity index (χ3n) is 7.18. The molecular weight excluding hydrogens is 444 g/mol. The van der Waals surface area contributed by atoms with Crippen LogP contribution in [0.5, 0.6) is 0 Å². The average Bonchev–Trinajstić information content (AvgIpc) is 3.12. The molecule has 3 heterocycles. The van der Waals surface area contributed by atoms with Crippen molar-refractivity contribution in [2.45, 2.75) is 56.1 Å². The van der Waals surface area contributed by atoms with Gasteiger partial charge in [0.2, 0.25) is 11.8 Å². The summed E-state index contributed by atoms with van der Waals surface area (Å²) in [6, 6.07) is 10.5. The van der Waals surface area contributed by atoms with Crippen LogP contribution in [0.3, 0.4) is 0 Å². The second-order valence-electron chi connectivity index (χ2n) is 9.24. The largest absolute Gasteiger partial charge is 0.299 e. The molecule has 2 saturated heterocycles. The number of amides is 2. The lowest BCUT2D eigenvalue weighted by Crippen LogP contribution is -2.51. The minimum atomic E-state index is -0.777. The van der Waals surface area contributed by atoms with Crippen LogP contribution in [0.25, 0.3) is 0 Å². The zero-order valence-electron chi connectivity index (χ0n) is 18.3. The summed E-state index contributed by atoms with van der Waals surface area (Å²) in [6.45, 7) is 3.07. The van der Waals surface area contributed by atoms with Crippen LogP contribution in [-0.2, 0) is 22.7 Å². The molecule has 5 rings (SSSR count). The Hall–Kier alpha value is -2.29. The Balaban J connectivity index is 1.22. The molecule has 2 amide bonds. The highest BCUT2D eigenvalue weighted by Crippen LogP contribution is 2.40. The van der Waals surface area contributed by atoms with Crippen LogP contribution >= 0.6 is 12.6 Å². The standard InChI is InChI=1S/C25H27F2N3O2S/c26-20-3-1-2-18(23(20)27)16-8-10-29(11-9-16)13-15-4-5-17-14-30(25(33)19(17)12-15)21-6-7-22(31)28-24(21)32/h1-5,12,16,21,25,33H,6-11,13-14H2,(H,28,31,32). The van der Waals surface area contributed by atoms with Gasteiger partial charge in [0.15, 0.2) is 11.6 Å². The van der Waals surface area contributed by atoms with Gasteiger partial charge in [-0.3, -0.25) is 24.7 Å². The third-order valence-corrected chi connectivity index (χ3v) is 7.76. The van der Waals surface area contributed by atoms with Crippen molar-refractivity contribution in [1.29, 1.82) is 0 Å². The first kappa shape index (κ1) is 22.5. The lowest BCUT2D eigenvalue weighted by atomic mass is 9.89. The van der Waals surface area contributed by atoms with Gasteiger partial charge in [0.1, 0.15) is 0 Å². The maximum atomic E-state index is 14.2. The van der Waals surface area contributed by atoms with Crippen LogP contribution < -0.4 is 5.32 Å². The Morgan fingerprint density at radius 1 is 1.03 bits per heavy atom. The van der Waals surface area contributed by atoms with Crippen molar-refractivity contribution < 1.29 is 18.4 Å². The molecule has 2 aromatic rings. The lowest BCUT2D eigenvalue weighted by molar-refractivity contribution is -0.137. The highest BCUT2D eigenvalue weighted by atomic mass is 32.1. The Morgan fingerprint density at radius 2 is 1.82 bits per heavy atom. The minimum absolute atomic E-state index is 0.0425. The van der Waals surface area contributed by atoms with Crippen molar-refractivity contribution in [2.24, 2.45) is 0 Å². The van der Waals surface area contributed by atoms with Crippen LogP contribution in [0, 0.1) is 11.6 Å². The first-order valence-electron chi connectivity index (χ1n) is 11.5. The molecule has 1 N–H and O–H groups in total. The SMILES string of the molecule is O=C1CCC(N2Cc3ccc(CN4CCC(c5cccc(F)c5F)CC4)cc3C2S)C(=O)N1. The number of hydrogen-bond donors (Lipinski definition) is 2. The summed E-state index contributed by atoms with van der Waals surface area (Å²) in [5.74, 6) is -1.90. The monoisotopic (exact) mass is 471 g/mol. The number of nitrogens with zero attached hydrogens (tertiary/aromatic N) is 2. The van der Waals surface area contributed by atoms with Gasteiger partial charge in [-0.1, -0.05) is 30.3 Å². The first-order valence-corrected chi connectivity index (χ1v) is 12.0. The molecule has 33 heavy (non-hydrogen) atoms. The number of fused-ring (bicyclic) bond motifs is 1. The number of likely N-dealkylation sites (tertiary alicyclic amines) is 1. The van der Waals surface area contributed by atoms with Crippen molar-refractivity contribution in [1.82, 2.24) is 15.1 Å². The van der Waals surface area contributed by atoms with Crippen LogP contribution in [0.4, 0.5) is 8.78 Å². The number of thiol groups is 1. The molecule has 8 heteroatoms. The van der Waals surface area contributed by atoms with E-state index in [0.29, 0.717) is 24.9 Å². The number of imide groups is 1. The van der Waals surface area contributed by atoms with E-state index in [1.54, 1.807) is 12.1 Å². The fourth-order valence-electron chi connectivity index (χ4n) is 5.36. The van der Waals surface area contributed by atoms with Gasteiger partial charge in [-0.15, -0.1) is 0 Å². The topological polar surface area (TPSA) is 52.7 Å². The molecule has 0 spiro atoms. The maximum Gasteiger partial charge on any atom is 0.243 e. The van der Waals surface area contributed by atoms with E-state index in [9.17, 15) is 18.4 Å². The molecule has 2 aromatic carbocycles. The van der Waals surface area contributed by atoms with Gasteiger partial charge in [-0.05, 0) is 66.6 Å². The van der Waals surface area contributed by atoms with Gasteiger partial charge in [0, 0.05) is 19.5 Å². The van der Waals surface area contributed by atoms with Crippen molar-refractivity contribution in [2.75, 3.05) is 13.1 Å². The molecule has 5 nitrogen and oxygen atoms in total. The average molecular weight is 472 g/mol. The van der Waals surface area contributed by atoms with E-state index >= 15 is 0 Å². The predicted molar refractivity (Wildman–Crippen MR) is 123 cm³/mol. The molecule has 3 aliphatic rings. The smallest absolute Gasteiger partial charge is 0.243 e. The quantitative estimate of drug-likeness (QED) is 0.525. The fraction of sp³-hybridized carbons (Fsp3) is 0.440. The maximum absolute atomic E-state index is 14.2. The van der Waals surface area contributed by atoms with E-state index in [-0.39, 0.29) is 29.1 Å². The molecule has 0 saturated carbocycles. The first-order chi connectivity index (χ1) is 15.9. The Labute approximate surface area is 197 Å². The highest BCUT2D eigenvalue weighted by molar-refractivity contribution is 7.80. The number of rotatable bonds is 4. The molecule has 0 radical (unpaired) electrons. The summed E-state index contributed by atoms with van der Waals surface area (Å²) < 4.78 is 27.8. The molecule has 174 valence electrons. The zero-order chi connectivity index (χ0) is 23.1. The number of carbonyl (C=O) groups is 2. The van der Waals surface area contributed by atoms with Crippen molar-refractivity contribution in [3.8, 4) is 0 Å².